The van der Waals surface area contributed by atoms with Crippen LogP contribution in [0.3, 0.4) is 0 Å². The van der Waals surface area contributed by atoms with Crippen molar-refractivity contribution in [3.8, 4) is 11.6 Å². The third-order valence-electron chi connectivity index (χ3n) is 5.58. The van der Waals surface area contributed by atoms with E-state index in [0.29, 0.717) is 30.8 Å². The summed E-state index contributed by atoms with van der Waals surface area (Å²) in [4.78, 5) is 4.61. The predicted molar refractivity (Wildman–Crippen MR) is 109 cm³/mol. The van der Waals surface area contributed by atoms with Crippen molar-refractivity contribution < 1.29 is 12.8 Å². The molecule has 0 radical (unpaired) electrons. The number of hydrogen-bond acceptors (Lipinski definition) is 7. The predicted octanol–water partition coefficient (Wildman–Crippen LogP) is 2.85. The first kappa shape index (κ1) is 18.9. The third-order valence-corrected chi connectivity index (χ3v) is 7.59. The van der Waals surface area contributed by atoms with Gasteiger partial charge < -0.3 is 4.42 Å². The van der Waals surface area contributed by atoms with Crippen LogP contribution < -0.4 is 0 Å². The number of hydrogen-bond donors (Lipinski definition) is 0. The van der Waals surface area contributed by atoms with Crippen molar-refractivity contribution in [3.05, 3.63) is 54.3 Å². The smallest absolute Gasteiger partial charge is 0.266 e. The van der Waals surface area contributed by atoms with Crippen LogP contribution in [0.5, 0.6) is 0 Å². The molecule has 5 rings (SSSR count). The van der Waals surface area contributed by atoms with Crippen LogP contribution in [-0.4, -0.2) is 44.2 Å². The zero-order valence-electron chi connectivity index (χ0n) is 16.6. The van der Waals surface area contributed by atoms with Crippen molar-refractivity contribution in [2.24, 2.45) is 7.05 Å². The lowest BCUT2D eigenvalue weighted by Gasteiger charge is -2.21. The molecular weight excluding hydrogens is 404 g/mol. The fourth-order valence-electron chi connectivity index (χ4n) is 3.89. The molecule has 1 aromatic carbocycles. The molecule has 0 bridgehead atoms. The maximum absolute atomic E-state index is 13.3. The Kier molecular flexibility index (Phi) is 4.40. The normalized spacial score (nSPS) is 17.7. The Morgan fingerprint density at radius 2 is 2.00 bits per heavy atom. The second-order valence-corrected chi connectivity index (χ2v) is 9.18. The Morgan fingerprint density at radius 3 is 2.80 bits per heavy atom. The summed E-state index contributed by atoms with van der Waals surface area (Å²) in [7, 11) is -2.01. The van der Waals surface area contributed by atoms with E-state index in [1.165, 1.54) is 10.5 Å². The molecule has 9 nitrogen and oxygen atoms in total. The maximum atomic E-state index is 13.3. The lowest BCUT2D eigenvalue weighted by Crippen LogP contribution is -2.31. The molecule has 1 aliphatic heterocycles. The molecule has 0 spiro atoms. The van der Waals surface area contributed by atoms with Crippen molar-refractivity contribution in [1.29, 1.82) is 0 Å². The van der Waals surface area contributed by atoms with E-state index in [0.717, 1.165) is 10.8 Å². The molecule has 3 aromatic heterocycles. The number of benzene rings is 1. The molecule has 1 atom stereocenters. The maximum Gasteiger partial charge on any atom is 0.266 e. The minimum atomic E-state index is -3.73. The van der Waals surface area contributed by atoms with Gasteiger partial charge in [-0.05, 0) is 31.2 Å². The summed E-state index contributed by atoms with van der Waals surface area (Å²) in [6.07, 6.45) is 4.41. The van der Waals surface area contributed by atoms with E-state index in [4.69, 9.17) is 4.42 Å². The molecule has 154 valence electrons. The molecule has 1 aliphatic rings. The Bertz CT molecular complexity index is 1340. The number of sulfonamides is 1. The van der Waals surface area contributed by atoms with Crippen LogP contribution in [0.2, 0.25) is 0 Å². The van der Waals surface area contributed by atoms with E-state index >= 15 is 0 Å². The standard InChI is InChI=1S/C20H20N6O3S/c1-13-17(12-22-25(13)2)30(27,28)26-11-5-8-16(26)19-23-24-20(29-19)18-15-7-4-3-6-14(15)9-10-21-18/h3-4,6-7,9-10,12,16H,5,8,11H2,1-2H3/t16-/m0/s1. The number of nitrogens with zero attached hydrogens (tertiary/aromatic N) is 6. The second kappa shape index (κ2) is 6.99. The van der Waals surface area contributed by atoms with E-state index in [1.54, 1.807) is 24.9 Å². The zero-order valence-corrected chi connectivity index (χ0v) is 17.4. The van der Waals surface area contributed by atoms with Gasteiger partial charge in [-0.25, -0.2) is 8.42 Å². The highest BCUT2D eigenvalue weighted by Crippen LogP contribution is 2.37. The van der Waals surface area contributed by atoms with Gasteiger partial charge in [0, 0.05) is 25.2 Å². The van der Waals surface area contributed by atoms with Crippen molar-refractivity contribution in [1.82, 2.24) is 29.3 Å². The molecule has 1 fully saturated rings. The lowest BCUT2D eigenvalue weighted by atomic mass is 10.1. The highest BCUT2D eigenvalue weighted by Gasteiger charge is 2.40. The van der Waals surface area contributed by atoms with Crippen LogP contribution in [0.4, 0.5) is 0 Å². The summed E-state index contributed by atoms with van der Waals surface area (Å²) in [6, 6.07) is 9.21. The largest absolute Gasteiger partial charge is 0.417 e. The summed E-state index contributed by atoms with van der Waals surface area (Å²) in [5, 5.41) is 14.3. The number of rotatable bonds is 4. The van der Waals surface area contributed by atoms with E-state index in [1.807, 2.05) is 30.3 Å². The number of aromatic nitrogens is 5. The van der Waals surface area contributed by atoms with Crippen LogP contribution in [-0.2, 0) is 17.1 Å². The molecule has 0 aliphatic carbocycles. The minimum absolute atomic E-state index is 0.201. The van der Waals surface area contributed by atoms with Gasteiger partial charge in [-0.3, -0.25) is 9.67 Å². The summed E-state index contributed by atoms with van der Waals surface area (Å²) in [6.45, 7) is 2.13. The van der Waals surface area contributed by atoms with Gasteiger partial charge in [-0.1, -0.05) is 24.3 Å². The van der Waals surface area contributed by atoms with E-state index in [2.05, 4.69) is 20.3 Å². The molecule has 0 N–H and O–H groups in total. The fourth-order valence-corrected chi connectivity index (χ4v) is 5.73. The average molecular weight is 424 g/mol. The zero-order chi connectivity index (χ0) is 20.9. The molecule has 0 unspecified atom stereocenters. The minimum Gasteiger partial charge on any atom is -0.417 e. The van der Waals surface area contributed by atoms with Gasteiger partial charge >= 0.3 is 0 Å². The van der Waals surface area contributed by atoms with Gasteiger partial charge in [0.2, 0.25) is 15.9 Å². The summed E-state index contributed by atoms with van der Waals surface area (Å²) in [5.41, 5.74) is 1.18. The summed E-state index contributed by atoms with van der Waals surface area (Å²) >= 11 is 0. The van der Waals surface area contributed by atoms with Gasteiger partial charge in [-0.2, -0.15) is 9.40 Å². The highest BCUT2D eigenvalue weighted by molar-refractivity contribution is 7.89. The average Bonchev–Trinajstić information content (AvgIpc) is 3.48. The number of pyridine rings is 1. The molecule has 10 heteroatoms. The third kappa shape index (κ3) is 2.91. The highest BCUT2D eigenvalue weighted by atomic mass is 32.2. The van der Waals surface area contributed by atoms with Gasteiger partial charge in [0.15, 0.2) is 0 Å². The van der Waals surface area contributed by atoms with Crippen LogP contribution in [0.1, 0.15) is 30.5 Å². The van der Waals surface area contributed by atoms with Crippen LogP contribution in [0.15, 0.2) is 52.0 Å². The first-order valence-electron chi connectivity index (χ1n) is 9.65. The van der Waals surface area contributed by atoms with E-state index in [-0.39, 0.29) is 16.7 Å². The second-order valence-electron chi connectivity index (χ2n) is 7.32. The molecule has 30 heavy (non-hydrogen) atoms. The monoisotopic (exact) mass is 424 g/mol. The quantitative estimate of drug-likeness (QED) is 0.496. The molecule has 1 saturated heterocycles. The van der Waals surface area contributed by atoms with Crippen LogP contribution in [0.25, 0.3) is 22.4 Å². The van der Waals surface area contributed by atoms with Crippen molar-refractivity contribution >= 4 is 20.8 Å². The molecule has 0 amide bonds. The molecular formula is C20H20N6O3S. The van der Waals surface area contributed by atoms with Gasteiger partial charge in [0.1, 0.15) is 16.6 Å². The fraction of sp³-hybridized carbons (Fsp3) is 0.300. The summed E-state index contributed by atoms with van der Waals surface area (Å²) < 4.78 is 35.5. The Labute approximate surface area is 173 Å². The first-order chi connectivity index (χ1) is 14.5. The molecule has 0 saturated carbocycles. The Balaban J connectivity index is 1.52. The van der Waals surface area contributed by atoms with E-state index < -0.39 is 16.1 Å². The lowest BCUT2D eigenvalue weighted by molar-refractivity contribution is 0.332. The van der Waals surface area contributed by atoms with Gasteiger partial charge in [-0.15, -0.1) is 10.2 Å². The van der Waals surface area contributed by atoms with E-state index in [9.17, 15) is 8.42 Å². The number of fused-ring (bicyclic) bond motifs is 1. The Hall–Kier alpha value is -3.11. The van der Waals surface area contributed by atoms with Crippen molar-refractivity contribution in [3.63, 3.8) is 0 Å². The van der Waals surface area contributed by atoms with Crippen LogP contribution >= 0.6 is 0 Å². The first-order valence-corrected chi connectivity index (χ1v) is 11.1. The molecule has 4 heterocycles. The SMILES string of the molecule is Cc1c(S(=O)(=O)N2CCC[C@H]2c2nnc(-c3nccc4ccccc34)o2)cnn1C. The van der Waals surface area contributed by atoms with Crippen molar-refractivity contribution in [2.45, 2.75) is 30.7 Å². The summed E-state index contributed by atoms with van der Waals surface area (Å²) in [5.74, 6) is 0.561. The van der Waals surface area contributed by atoms with Crippen LogP contribution in [0, 0.1) is 6.92 Å². The van der Waals surface area contributed by atoms with Gasteiger partial charge in [0.05, 0.1) is 11.9 Å². The van der Waals surface area contributed by atoms with Crippen molar-refractivity contribution in [2.75, 3.05) is 6.54 Å². The Morgan fingerprint density at radius 1 is 1.17 bits per heavy atom. The van der Waals surface area contributed by atoms with Gasteiger partial charge in [0.25, 0.3) is 5.89 Å². The topological polar surface area (TPSA) is 107 Å². The number of aryl methyl sites for hydroxylation is 1. The molecule has 4 aromatic rings.